The Morgan fingerprint density at radius 1 is 1.67 bits per heavy atom. The van der Waals surface area contributed by atoms with Crippen LogP contribution in [0.1, 0.15) is 0 Å². The predicted molar refractivity (Wildman–Crippen MR) is 54.2 cm³/mol. The zero-order chi connectivity index (χ0) is 11.4. The summed E-state index contributed by atoms with van der Waals surface area (Å²) in [5.74, 6) is 0. The summed E-state index contributed by atoms with van der Waals surface area (Å²) in [6.45, 7) is 0.522. The van der Waals surface area contributed by atoms with Crippen LogP contribution in [-0.2, 0) is 11.3 Å². The van der Waals surface area contributed by atoms with Crippen LogP contribution in [0.5, 0.6) is 0 Å². The SMILES string of the molecule is COCCn1cc([N+](=O)[O-])cc(Cl)c1=O. The van der Waals surface area contributed by atoms with Gasteiger partial charge in [-0.1, -0.05) is 11.6 Å². The van der Waals surface area contributed by atoms with E-state index in [1.807, 2.05) is 0 Å². The van der Waals surface area contributed by atoms with Crippen molar-refractivity contribution in [1.29, 1.82) is 0 Å². The van der Waals surface area contributed by atoms with Crippen molar-refractivity contribution in [3.63, 3.8) is 0 Å². The second kappa shape index (κ2) is 4.90. The highest BCUT2D eigenvalue weighted by atomic mass is 35.5. The fourth-order valence-corrected chi connectivity index (χ4v) is 1.26. The molecule has 0 aromatic carbocycles. The van der Waals surface area contributed by atoms with Crippen molar-refractivity contribution in [2.45, 2.75) is 6.54 Å². The van der Waals surface area contributed by atoms with Crippen molar-refractivity contribution in [3.8, 4) is 0 Å². The number of nitrogens with zero attached hydrogens (tertiary/aromatic N) is 2. The molecule has 82 valence electrons. The van der Waals surface area contributed by atoms with Crippen LogP contribution >= 0.6 is 11.6 Å². The second-order valence-electron chi connectivity index (χ2n) is 2.79. The molecular weight excluding hydrogens is 224 g/mol. The van der Waals surface area contributed by atoms with Crippen molar-refractivity contribution in [1.82, 2.24) is 4.57 Å². The van der Waals surface area contributed by atoms with E-state index in [9.17, 15) is 14.9 Å². The summed E-state index contributed by atoms with van der Waals surface area (Å²) in [5.41, 5.74) is -0.671. The molecule has 1 aromatic rings. The second-order valence-corrected chi connectivity index (χ2v) is 3.20. The van der Waals surface area contributed by atoms with E-state index in [4.69, 9.17) is 16.3 Å². The van der Waals surface area contributed by atoms with Gasteiger partial charge in [-0.05, 0) is 0 Å². The summed E-state index contributed by atoms with van der Waals surface area (Å²) in [6.07, 6.45) is 1.15. The molecule has 0 atom stereocenters. The quantitative estimate of drug-likeness (QED) is 0.575. The molecule has 15 heavy (non-hydrogen) atoms. The monoisotopic (exact) mass is 232 g/mol. The lowest BCUT2D eigenvalue weighted by molar-refractivity contribution is -0.385. The van der Waals surface area contributed by atoms with Gasteiger partial charge < -0.3 is 9.30 Å². The Hall–Kier alpha value is -1.40. The molecule has 1 rings (SSSR count). The maximum atomic E-state index is 11.4. The molecule has 6 nitrogen and oxygen atoms in total. The molecule has 0 radical (unpaired) electrons. The standard InChI is InChI=1S/C8H9ClN2O4/c1-15-3-2-10-5-6(11(13)14)4-7(9)8(10)12/h4-5H,2-3H2,1H3. The van der Waals surface area contributed by atoms with Gasteiger partial charge in [-0.3, -0.25) is 14.9 Å². The Morgan fingerprint density at radius 3 is 2.87 bits per heavy atom. The largest absolute Gasteiger partial charge is 0.383 e. The molecule has 0 fully saturated rings. The van der Waals surface area contributed by atoms with Crippen LogP contribution in [0.15, 0.2) is 17.1 Å². The molecule has 0 aliphatic heterocycles. The third-order valence-electron chi connectivity index (χ3n) is 1.78. The molecule has 0 N–H and O–H groups in total. The molecule has 0 amide bonds. The van der Waals surface area contributed by atoms with Gasteiger partial charge in [0.2, 0.25) is 0 Å². The van der Waals surface area contributed by atoms with Crippen molar-refractivity contribution >= 4 is 17.3 Å². The lowest BCUT2D eigenvalue weighted by atomic mass is 10.4. The fourth-order valence-electron chi connectivity index (χ4n) is 1.04. The van der Waals surface area contributed by atoms with E-state index in [-0.39, 0.29) is 23.9 Å². The number of hydrogen-bond acceptors (Lipinski definition) is 4. The van der Waals surface area contributed by atoms with E-state index in [0.717, 1.165) is 16.8 Å². The van der Waals surface area contributed by atoms with Gasteiger partial charge in [-0.25, -0.2) is 0 Å². The van der Waals surface area contributed by atoms with Crippen LogP contribution in [0, 0.1) is 10.1 Å². The average Bonchev–Trinajstić information content (AvgIpc) is 2.19. The number of halogens is 1. The molecule has 7 heteroatoms. The van der Waals surface area contributed by atoms with Crippen LogP contribution in [0.4, 0.5) is 5.69 Å². The number of methoxy groups -OCH3 is 1. The third-order valence-corrected chi connectivity index (χ3v) is 2.05. The summed E-state index contributed by atoms with van der Waals surface area (Å²) in [6, 6.07) is 1.03. The summed E-state index contributed by atoms with van der Waals surface area (Å²) in [5, 5.41) is 10.3. The highest BCUT2D eigenvalue weighted by molar-refractivity contribution is 6.30. The number of rotatable bonds is 4. The first-order valence-corrected chi connectivity index (χ1v) is 4.47. The predicted octanol–water partition coefficient (Wildman–Crippen LogP) is 1.06. The highest BCUT2D eigenvalue weighted by Gasteiger charge is 2.11. The third kappa shape index (κ3) is 2.77. The normalized spacial score (nSPS) is 10.3. The van der Waals surface area contributed by atoms with Gasteiger partial charge in [0.25, 0.3) is 11.2 Å². The minimum absolute atomic E-state index is 0.166. The van der Waals surface area contributed by atoms with Crippen LogP contribution in [-0.4, -0.2) is 23.2 Å². The summed E-state index contributed by atoms with van der Waals surface area (Å²) in [7, 11) is 1.48. The molecule has 1 heterocycles. The van der Waals surface area contributed by atoms with Crippen LogP contribution in [0.25, 0.3) is 0 Å². The van der Waals surface area contributed by atoms with E-state index in [1.165, 1.54) is 7.11 Å². The first-order chi connectivity index (χ1) is 7.06. The molecule has 0 aliphatic carbocycles. The van der Waals surface area contributed by atoms with E-state index in [0.29, 0.717) is 0 Å². The van der Waals surface area contributed by atoms with Gasteiger partial charge in [-0.2, -0.15) is 0 Å². The molecule has 0 unspecified atom stereocenters. The number of pyridine rings is 1. The van der Waals surface area contributed by atoms with E-state index in [1.54, 1.807) is 0 Å². The topological polar surface area (TPSA) is 74.4 Å². The summed E-state index contributed by atoms with van der Waals surface area (Å²) < 4.78 is 5.93. The van der Waals surface area contributed by atoms with E-state index < -0.39 is 10.5 Å². The van der Waals surface area contributed by atoms with Crippen LogP contribution in [0.3, 0.4) is 0 Å². The summed E-state index contributed by atoms with van der Waals surface area (Å²) >= 11 is 5.56. The molecule has 0 bridgehead atoms. The van der Waals surface area contributed by atoms with Gasteiger partial charge >= 0.3 is 0 Å². The van der Waals surface area contributed by atoms with Crippen molar-refractivity contribution in [2.75, 3.05) is 13.7 Å². The van der Waals surface area contributed by atoms with Gasteiger partial charge in [0.15, 0.2) is 0 Å². The molecule has 0 saturated carbocycles. The average molecular weight is 233 g/mol. The minimum Gasteiger partial charge on any atom is -0.383 e. The number of hydrogen-bond donors (Lipinski definition) is 0. The Balaban J connectivity index is 3.13. The summed E-state index contributed by atoms with van der Waals surface area (Å²) in [4.78, 5) is 21.3. The first-order valence-electron chi connectivity index (χ1n) is 4.09. The number of ether oxygens (including phenoxy) is 1. The minimum atomic E-state index is -0.603. The van der Waals surface area contributed by atoms with E-state index >= 15 is 0 Å². The van der Waals surface area contributed by atoms with Gasteiger partial charge in [0, 0.05) is 19.7 Å². The number of aromatic nitrogens is 1. The highest BCUT2D eigenvalue weighted by Crippen LogP contribution is 2.13. The Kier molecular flexibility index (Phi) is 3.81. The fraction of sp³-hybridized carbons (Fsp3) is 0.375. The molecule has 0 spiro atoms. The van der Waals surface area contributed by atoms with Crippen LogP contribution < -0.4 is 5.56 Å². The maximum absolute atomic E-state index is 11.4. The van der Waals surface area contributed by atoms with Gasteiger partial charge in [0.05, 0.1) is 17.7 Å². The lowest BCUT2D eigenvalue weighted by Gasteiger charge is -2.04. The van der Waals surface area contributed by atoms with E-state index in [2.05, 4.69) is 0 Å². The van der Waals surface area contributed by atoms with Crippen molar-refractivity contribution in [2.24, 2.45) is 0 Å². The zero-order valence-electron chi connectivity index (χ0n) is 7.97. The van der Waals surface area contributed by atoms with Gasteiger partial charge in [0.1, 0.15) is 5.02 Å². The number of nitro groups is 1. The van der Waals surface area contributed by atoms with Crippen molar-refractivity contribution < 1.29 is 9.66 Å². The molecule has 0 saturated heterocycles. The smallest absolute Gasteiger partial charge is 0.287 e. The Labute approximate surface area is 90.2 Å². The first kappa shape index (κ1) is 11.7. The Bertz CT molecular complexity index is 429. The zero-order valence-corrected chi connectivity index (χ0v) is 8.73. The van der Waals surface area contributed by atoms with Crippen LogP contribution in [0.2, 0.25) is 5.02 Å². The molecule has 0 aliphatic rings. The van der Waals surface area contributed by atoms with Gasteiger partial charge in [-0.15, -0.1) is 0 Å². The maximum Gasteiger partial charge on any atom is 0.287 e. The molecular formula is C8H9ClN2O4. The molecule has 1 aromatic heterocycles. The lowest BCUT2D eigenvalue weighted by Crippen LogP contribution is -2.22. The Morgan fingerprint density at radius 2 is 2.33 bits per heavy atom. The van der Waals surface area contributed by atoms with Crippen molar-refractivity contribution in [3.05, 3.63) is 37.8 Å².